The normalized spacial score (nSPS) is 24.1. The summed E-state index contributed by atoms with van der Waals surface area (Å²) in [6.45, 7) is 4.87. The van der Waals surface area contributed by atoms with E-state index in [9.17, 15) is 29.7 Å². The Morgan fingerprint density at radius 3 is 2.52 bits per heavy atom. The van der Waals surface area contributed by atoms with Crippen molar-refractivity contribution in [2.24, 2.45) is 0 Å². The second kappa shape index (κ2) is 6.29. The van der Waals surface area contributed by atoms with E-state index in [0.717, 1.165) is 4.90 Å². The third-order valence-electron chi connectivity index (χ3n) is 5.42. The first-order valence-corrected chi connectivity index (χ1v) is 8.71. The molecule has 0 bridgehead atoms. The Balaban J connectivity index is 2.34. The van der Waals surface area contributed by atoms with Gasteiger partial charge in [-0.15, -0.1) is 0 Å². The van der Waals surface area contributed by atoms with E-state index in [4.69, 9.17) is 0 Å². The molecule has 0 spiro atoms. The molecule has 0 radical (unpaired) electrons. The summed E-state index contributed by atoms with van der Waals surface area (Å²) >= 11 is 0. The Morgan fingerprint density at radius 2 is 1.93 bits per heavy atom. The minimum Gasteiger partial charge on any atom is -0.507 e. The molecule has 2 amide bonds. The number of nitrogens with one attached hydrogen (secondary N) is 1. The summed E-state index contributed by atoms with van der Waals surface area (Å²) in [6, 6.07) is -1.36. The predicted octanol–water partition coefficient (Wildman–Crippen LogP) is 1.65. The van der Waals surface area contributed by atoms with Gasteiger partial charge in [-0.1, -0.05) is 12.2 Å². The van der Waals surface area contributed by atoms with Gasteiger partial charge in [-0.25, -0.2) is 4.79 Å². The van der Waals surface area contributed by atoms with Crippen LogP contribution >= 0.6 is 0 Å². The summed E-state index contributed by atoms with van der Waals surface area (Å²) in [7, 11) is 0. The molecule has 0 saturated carbocycles. The standard InChI is InChI=1S/C19H22N2O6/c1-4-5-6-7-19-14-13(9(2)15(23)10(3)16(14)24)17(25)21(19)11(18(26)27)8-12(22)20-19/h4-5,11,23-24H,6-8H2,1-3H3,(H,20,22)(H,26,27)/t11-,19+/m0/s1. The van der Waals surface area contributed by atoms with Crippen LogP contribution in [0.15, 0.2) is 12.2 Å². The van der Waals surface area contributed by atoms with Gasteiger partial charge in [0.1, 0.15) is 23.2 Å². The lowest BCUT2D eigenvalue weighted by Gasteiger charge is -2.46. The SMILES string of the molecule is CC=CCC[C@@]12NC(=O)C[C@@H](C(=O)O)N1C(=O)c1c(C)c(O)c(C)c(O)c12. The molecule has 144 valence electrons. The number of aromatic hydroxyl groups is 2. The molecule has 2 aliphatic heterocycles. The number of aliphatic carboxylic acids is 1. The fourth-order valence-corrected chi connectivity index (χ4v) is 4.13. The predicted molar refractivity (Wildman–Crippen MR) is 95.3 cm³/mol. The number of amides is 2. The first kappa shape index (κ1) is 18.8. The Hall–Kier alpha value is -3.03. The highest BCUT2D eigenvalue weighted by molar-refractivity contribution is 6.07. The number of nitrogens with zero attached hydrogens (tertiary/aromatic N) is 1. The molecule has 0 unspecified atom stereocenters. The van der Waals surface area contributed by atoms with Gasteiger partial charge in [0.05, 0.1) is 17.5 Å². The van der Waals surface area contributed by atoms with Crippen molar-refractivity contribution in [3.05, 3.63) is 34.4 Å². The van der Waals surface area contributed by atoms with Gasteiger partial charge in [0.25, 0.3) is 5.91 Å². The number of hydrogen-bond donors (Lipinski definition) is 4. The second-order valence-electron chi connectivity index (χ2n) is 6.95. The number of fused-ring (bicyclic) bond motifs is 3. The first-order chi connectivity index (χ1) is 12.7. The van der Waals surface area contributed by atoms with Crippen LogP contribution in [-0.4, -0.2) is 44.0 Å². The Bertz CT molecular complexity index is 891. The van der Waals surface area contributed by atoms with Crippen molar-refractivity contribution >= 4 is 17.8 Å². The number of carbonyl (C=O) groups excluding carboxylic acids is 2. The molecule has 1 fully saturated rings. The number of carbonyl (C=O) groups is 3. The van der Waals surface area contributed by atoms with Crippen molar-refractivity contribution in [1.29, 1.82) is 0 Å². The van der Waals surface area contributed by atoms with Gasteiger partial charge in [-0.3, -0.25) is 14.5 Å². The van der Waals surface area contributed by atoms with Crippen molar-refractivity contribution in [2.45, 2.75) is 51.7 Å². The quantitative estimate of drug-likeness (QED) is 0.594. The van der Waals surface area contributed by atoms with Crippen LogP contribution in [0.4, 0.5) is 0 Å². The van der Waals surface area contributed by atoms with Gasteiger partial charge in [0.2, 0.25) is 5.91 Å². The van der Waals surface area contributed by atoms with Crippen LogP contribution in [0.5, 0.6) is 11.5 Å². The lowest BCUT2D eigenvalue weighted by molar-refractivity contribution is -0.153. The minimum atomic E-state index is -1.47. The molecule has 2 heterocycles. The zero-order valence-electron chi connectivity index (χ0n) is 15.4. The van der Waals surface area contributed by atoms with Crippen LogP contribution < -0.4 is 5.32 Å². The molecule has 1 aromatic rings. The number of carboxylic acid groups (broad SMARTS) is 1. The van der Waals surface area contributed by atoms with Crippen LogP contribution in [-0.2, 0) is 15.3 Å². The van der Waals surface area contributed by atoms with E-state index in [2.05, 4.69) is 5.32 Å². The molecule has 8 nitrogen and oxygen atoms in total. The molecule has 3 rings (SSSR count). The van der Waals surface area contributed by atoms with E-state index in [1.807, 2.05) is 19.1 Å². The van der Waals surface area contributed by atoms with Gasteiger partial charge in [0, 0.05) is 11.1 Å². The number of carboxylic acids is 1. The number of hydrogen-bond acceptors (Lipinski definition) is 5. The molecular formula is C19H22N2O6. The molecule has 2 atom stereocenters. The zero-order valence-corrected chi connectivity index (χ0v) is 15.4. The van der Waals surface area contributed by atoms with E-state index in [1.54, 1.807) is 0 Å². The fraction of sp³-hybridized carbons (Fsp3) is 0.421. The summed E-state index contributed by atoms with van der Waals surface area (Å²) in [5.74, 6) is -2.96. The van der Waals surface area contributed by atoms with E-state index < -0.39 is 29.5 Å². The van der Waals surface area contributed by atoms with Crippen LogP contribution in [0.25, 0.3) is 0 Å². The summed E-state index contributed by atoms with van der Waals surface area (Å²) in [6.07, 6.45) is 3.92. The lowest BCUT2D eigenvalue weighted by atomic mass is 9.86. The summed E-state index contributed by atoms with van der Waals surface area (Å²) in [5.41, 5.74) is -0.840. The Labute approximate surface area is 156 Å². The second-order valence-corrected chi connectivity index (χ2v) is 6.95. The summed E-state index contributed by atoms with van der Waals surface area (Å²) in [4.78, 5) is 38.5. The average Bonchev–Trinajstić information content (AvgIpc) is 2.86. The van der Waals surface area contributed by atoms with Gasteiger partial charge in [-0.2, -0.15) is 0 Å². The van der Waals surface area contributed by atoms with Gasteiger partial charge >= 0.3 is 5.97 Å². The van der Waals surface area contributed by atoms with Gasteiger partial charge in [0.15, 0.2) is 0 Å². The highest BCUT2D eigenvalue weighted by Crippen LogP contribution is 2.52. The van der Waals surface area contributed by atoms with Crippen molar-refractivity contribution < 1.29 is 29.7 Å². The van der Waals surface area contributed by atoms with Crippen LogP contribution in [0, 0.1) is 13.8 Å². The third kappa shape index (κ3) is 2.47. The number of phenolic OH excluding ortho intramolecular Hbond substituents is 2. The Kier molecular flexibility index (Phi) is 4.37. The maximum atomic E-state index is 13.2. The molecule has 0 aromatic heterocycles. The minimum absolute atomic E-state index is 0.0459. The zero-order chi connectivity index (χ0) is 20.1. The monoisotopic (exact) mass is 374 g/mol. The van der Waals surface area contributed by atoms with Crippen molar-refractivity contribution in [3.63, 3.8) is 0 Å². The molecular weight excluding hydrogens is 352 g/mol. The smallest absolute Gasteiger partial charge is 0.327 e. The van der Waals surface area contributed by atoms with E-state index in [1.165, 1.54) is 13.8 Å². The topological polar surface area (TPSA) is 127 Å². The Morgan fingerprint density at radius 1 is 1.26 bits per heavy atom. The molecule has 8 heteroatoms. The van der Waals surface area contributed by atoms with Gasteiger partial charge in [-0.05, 0) is 33.6 Å². The largest absolute Gasteiger partial charge is 0.507 e. The maximum absolute atomic E-state index is 13.2. The van der Waals surface area contributed by atoms with Crippen molar-refractivity contribution in [2.75, 3.05) is 0 Å². The highest BCUT2D eigenvalue weighted by atomic mass is 16.4. The number of benzene rings is 1. The molecule has 2 aliphatic rings. The summed E-state index contributed by atoms with van der Waals surface area (Å²) in [5, 5.41) is 33.4. The fourth-order valence-electron chi connectivity index (χ4n) is 4.13. The lowest BCUT2D eigenvalue weighted by Crippen LogP contribution is -2.66. The number of phenols is 2. The van der Waals surface area contributed by atoms with Crippen molar-refractivity contribution in [3.8, 4) is 11.5 Å². The molecule has 27 heavy (non-hydrogen) atoms. The van der Waals surface area contributed by atoms with E-state index in [-0.39, 0.29) is 46.6 Å². The van der Waals surface area contributed by atoms with Crippen LogP contribution in [0.3, 0.4) is 0 Å². The molecule has 4 N–H and O–H groups in total. The summed E-state index contributed by atoms with van der Waals surface area (Å²) < 4.78 is 0. The van der Waals surface area contributed by atoms with Crippen LogP contribution in [0.2, 0.25) is 0 Å². The molecule has 1 saturated heterocycles. The third-order valence-corrected chi connectivity index (χ3v) is 5.42. The van der Waals surface area contributed by atoms with E-state index in [0.29, 0.717) is 6.42 Å². The number of rotatable bonds is 4. The molecule has 0 aliphatic carbocycles. The average molecular weight is 374 g/mol. The van der Waals surface area contributed by atoms with Gasteiger partial charge < -0.3 is 20.6 Å². The van der Waals surface area contributed by atoms with Crippen LogP contribution in [0.1, 0.15) is 53.2 Å². The maximum Gasteiger partial charge on any atom is 0.327 e. The highest BCUT2D eigenvalue weighted by Gasteiger charge is 2.59. The molecule has 1 aromatic carbocycles. The first-order valence-electron chi connectivity index (χ1n) is 8.71. The number of allylic oxidation sites excluding steroid dienone is 2. The van der Waals surface area contributed by atoms with E-state index >= 15 is 0 Å². The van der Waals surface area contributed by atoms with Crippen molar-refractivity contribution in [1.82, 2.24) is 10.2 Å².